The van der Waals surface area contributed by atoms with E-state index in [0.29, 0.717) is 11.6 Å². The number of sulfonamides is 1. The van der Waals surface area contributed by atoms with Crippen LogP contribution in [-0.4, -0.2) is 23.4 Å². The number of rotatable bonds is 7. The Bertz CT molecular complexity index is 1590. The number of benzene rings is 2. The quantitative estimate of drug-likeness (QED) is 0.352. The third-order valence-corrected chi connectivity index (χ3v) is 5.98. The number of halogens is 3. The van der Waals surface area contributed by atoms with Gasteiger partial charge in [-0.1, -0.05) is 12.1 Å². The first-order valence-corrected chi connectivity index (χ1v) is 11.7. The lowest BCUT2D eigenvalue weighted by molar-refractivity contribution is 0.401. The van der Waals surface area contributed by atoms with E-state index in [1.165, 1.54) is 54.9 Å². The van der Waals surface area contributed by atoms with Crippen molar-refractivity contribution in [1.29, 1.82) is 5.26 Å². The van der Waals surface area contributed by atoms with Gasteiger partial charge in [0.05, 0.1) is 28.6 Å². The molecule has 0 fully saturated rings. The zero-order valence-electron chi connectivity index (χ0n) is 18.1. The van der Waals surface area contributed by atoms with Crippen molar-refractivity contribution in [3.05, 3.63) is 89.5 Å². The number of anilines is 2. The average molecular weight is 512 g/mol. The normalized spacial score (nSPS) is 11.1. The summed E-state index contributed by atoms with van der Waals surface area (Å²) in [6, 6.07) is 12.4. The molecule has 0 amide bonds. The van der Waals surface area contributed by atoms with Crippen LogP contribution in [0.5, 0.6) is 11.6 Å². The van der Waals surface area contributed by atoms with Gasteiger partial charge >= 0.3 is 0 Å². The maximum atomic E-state index is 14.8. The van der Waals surface area contributed by atoms with Crippen LogP contribution in [0.2, 0.25) is 0 Å². The molecular formula is C23H15F3N6O3S. The molecule has 0 aliphatic heterocycles. The van der Waals surface area contributed by atoms with E-state index in [2.05, 4.69) is 15.0 Å². The van der Waals surface area contributed by atoms with E-state index in [-0.39, 0.29) is 28.6 Å². The van der Waals surface area contributed by atoms with E-state index < -0.39 is 44.7 Å². The topological polar surface area (TPSA) is 144 Å². The van der Waals surface area contributed by atoms with Gasteiger partial charge < -0.3 is 10.5 Å². The van der Waals surface area contributed by atoms with Gasteiger partial charge in [0, 0.05) is 18.5 Å². The molecule has 13 heteroatoms. The summed E-state index contributed by atoms with van der Waals surface area (Å²) >= 11 is 0. The predicted molar refractivity (Wildman–Crippen MR) is 123 cm³/mol. The number of nitriles is 1. The van der Waals surface area contributed by atoms with Gasteiger partial charge in [-0.05, 0) is 35.9 Å². The number of pyridine rings is 1. The highest BCUT2D eigenvalue weighted by molar-refractivity contribution is 7.91. The minimum atomic E-state index is -4.35. The second-order valence-corrected chi connectivity index (χ2v) is 9.01. The Kier molecular flexibility index (Phi) is 6.71. The number of nitrogens with two attached hydrogens (primary N) is 1. The van der Waals surface area contributed by atoms with E-state index in [0.717, 1.165) is 0 Å². The van der Waals surface area contributed by atoms with E-state index in [1.54, 1.807) is 4.72 Å². The minimum Gasteiger partial charge on any atom is -0.435 e. The summed E-state index contributed by atoms with van der Waals surface area (Å²) < 4.78 is 76.2. The van der Waals surface area contributed by atoms with Crippen molar-refractivity contribution in [2.45, 2.75) is 5.75 Å². The highest BCUT2D eigenvalue weighted by atomic mass is 32.2. The molecule has 3 N–H and O–H groups in total. The number of nitrogen functional groups attached to an aromatic ring is 1. The lowest BCUT2D eigenvalue weighted by Gasteiger charge is -2.14. The Hall–Kier alpha value is -4.70. The lowest BCUT2D eigenvalue weighted by atomic mass is 10.2. The van der Waals surface area contributed by atoms with Crippen molar-refractivity contribution in [3.8, 4) is 29.0 Å². The maximum Gasteiger partial charge on any atom is 0.237 e. The molecule has 0 saturated carbocycles. The minimum absolute atomic E-state index is 0.0526. The van der Waals surface area contributed by atoms with Crippen LogP contribution in [-0.2, 0) is 15.8 Å². The molecule has 36 heavy (non-hydrogen) atoms. The number of nitrogens with zero attached hydrogens (tertiary/aromatic N) is 4. The number of ether oxygens (including phenoxy) is 1. The van der Waals surface area contributed by atoms with Gasteiger partial charge in [-0.15, -0.1) is 0 Å². The first-order valence-electron chi connectivity index (χ1n) is 10.1. The van der Waals surface area contributed by atoms with Crippen LogP contribution in [0.3, 0.4) is 0 Å². The van der Waals surface area contributed by atoms with Gasteiger partial charge in [0.1, 0.15) is 5.69 Å². The monoisotopic (exact) mass is 512 g/mol. The SMILES string of the molecule is N#Cc1ccc(CS(=O)(=O)Nc2c(F)cc(Oc3ncccc3-c3ccnc(N)n3)c(F)c2F)cc1. The Morgan fingerprint density at radius 2 is 1.78 bits per heavy atom. The molecule has 2 aromatic carbocycles. The molecule has 4 aromatic rings. The maximum absolute atomic E-state index is 14.8. The molecule has 0 radical (unpaired) electrons. The number of nitrogens with one attached hydrogen (secondary N) is 1. The summed E-state index contributed by atoms with van der Waals surface area (Å²) in [5.41, 5.74) is 5.42. The molecule has 182 valence electrons. The fourth-order valence-electron chi connectivity index (χ4n) is 3.12. The molecule has 2 aromatic heterocycles. The molecule has 2 heterocycles. The Morgan fingerprint density at radius 3 is 2.47 bits per heavy atom. The van der Waals surface area contributed by atoms with Crippen LogP contribution in [0.4, 0.5) is 24.8 Å². The van der Waals surface area contributed by atoms with Gasteiger partial charge in [-0.25, -0.2) is 32.2 Å². The molecule has 0 saturated heterocycles. The zero-order valence-corrected chi connectivity index (χ0v) is 18.9. The molecule has 0 atom stereocenters. The first kappa shape index (κ1) is 24.4. The lowest BCUT2D eigenvalue weighted by Crippen LogP contribution is -2.18. The van der Waals surface area contributed by atoms with E-state index in [1.807, 2.05) is 6.07 Å². The number of hydrogen-bond donors (Lipinski definition) is 2. The highest BCUT2D eigenvalue weighted by Crippen LogP contribution is 2.35. The van der Waals surface area contributed by atoms with Gasteiger partial charge in [0.25, 0.3) is 0 Å². The van der Waals surface area contributed by atoms with Crippen molar-refractivity contribution in [3.63, 3.8) is 0 Å². The van der Waals surface area contributed by atoms with Crippen molar-refractivity contribution < 1.29 is 26.3 Å². The number of hydrogen-bond acceptors (Lipinski definition) is 8. The van der Waals surface area contributed by atoms with Crippen LogP contribution >= 0.6 is 0 Å². The second kappa shape index (κ2) is 9.88. The fraction of sp³-hybridized carbons (Fsp3) is 0.0435. The molecular weight excluding hydrogens is 497 g/mol. The smallest absolute Gasteiger partial charge is 0.237 e. The van der Waals surface area contributed by atoms with Crippen molar-refractivity contribution in [2.75, 3.05) is 10.5 Å². The molecule has 0 aliphatic carbocycles. The van der Waals surface area contributed by atoms with Crippen LogP contribution in [0.25, 0.3) is 11.3 Å². The standard InChI is InChI=1S/C23H15F3N6O3S/c24-16-10-18(35-22-15(2-1-8-29-22)17-7-9-30-23(28)31-17)19(25)20(26)21(16)32-36(33,34)12-14-5-3-13(11-27)4-6-14/h1-10,32H,12H2,(H2,28,30,31). The van der Waals surface area contributed by atoms with Crippen LogP contribution in [0.15, 0.2) is 60.9 Å². The van der Waals surface area contributed by atoms with Gasteiger partial charge in [-0.2, -0.15) is 9.65 Å². The average Bonchev–Trinajstić information content (AvgIpc) is 2.85. The molecule has 9 nitrogen and oxygen atoms in total. The van der Waals surface area contributed by atoms with Crippen LogP contribution in [0, 0.1) is 28.8 Å². The molecule has 0 aliphatic rings. The van der Waals surface area contributed by atoms with Gasteiger partial charge in [-0.3, -0.25) is 4.72 Å². The molecule has 0 unspecified atom stereocenters. The van der Waals surface area contributed by atoms with Gasteiger partial charge in [0.2, 0.25) is 27.7 Å². The molecule has 0 spiro atoms. The van der Waals surface area contributed by atoms with Crippen LogP contribution < -0.4 is 15.2 Å². The Morgan fingerprint density at radius 1 is 1.03 bits per heavy atom. The molecule has 0 bridgehead atoms. The zero-order chi connectivity index (χ0) is 25.9. The van der Waals surface area contributed by atoms with E-state index >= 15 is 0 Å². The predicted octanol–water partition coefficient (Wildman–Crippen LogP) is 4.14. The van der Waals surface area contributed by atoms with E-state index in [4.69, 9.17) is 15.7 Å². The van der Waals surface area contributed by atoms with Crippen LogP contribution in [0.1, 0.15) is 11.1 Å². The highest BCUT2D eigenvalue weighted by Gasteiger charge is 2.25. The summed E-state index contributed by atoms with van der Waals surface area (Å²) in [4.78, 5) is 11.7. The summed E-state index contributed by atoms with van der Waals surface area (Å²) in [5, 5.41) is 8.82. The summed E-state index contributed by atoms with van der Waals surface area (Å²) in [6.07, 6.45) is 2.67. The third kappa shape index (κ3) is 5.34. The summed E-state index contributed by atoms with van der Waals surface area (Å²) in [5.74, 6) is -6.70. The fourth-order valence-corrected chi connectivity index (χ4v) is 4.32. The van der Waals surface area contributed by atoms with Gasteiger partial charge in [0.15, 0.2) is 17.4 Å². The third-order valence-electron chi connectivity index (χ3n) is 4.75. The van der Waals surface area contributed by atoms with Crippen molar-refractivity contribution >= 4 is 21.7 Å². The Balaban J connectivity index is 1.62. The Labute approximate surface area is 203 Å². The van der Waals surface area contributed by atoms with E-state index in [9.17, 15) is 21.6 Å². The second-order valence-electron chi connectivity index (χ2n) is 7.29. The number of aromatic nitrogens is 3. The largest absolute Gasteiger partial charge is 0.435 e. The molecule has 4 rings (SSSR count). The summed E-state index contributed by atoms with van der Waals surface area (Å²) in [6.45, 7) is 0. The first-order chi connectivity index (χ1) is 17.2. The summed E-state index contributed by atoms with van der Waals surface area (Å²) in [7, 11) is -4.35. The van der Waals surface area contributed by atoms with Crippen molar-refractivity contribution in [2.24, 2.45) is 0 Å². The van der Waals surface area contributed by atoms with Crippen molar-refractivity contribution in [1.82, 2.24) is 15.0 Å².